The van der Waals surface area contributed by atoms with Crippen molar-refractivity contribution < 1.29 is 0 Å². The number of nitrogens with zero attached hydrogens (tertiary/aromatic N) is 2. The van der Waals surface area contributed by atoms with Crippen LogP contribution in [0.15, 0.2) is 25.2 Å². The highest BCUT2D eigenvalue weighted by atomic mass is 127. The van der Waals surface area contributed by atoms with E-state index in [1.807, 2.05) is 0 Å². The molecule has 3 heteroatoms. The highest BCUT2D eigenvalue weighted by Crippen LogP contribution is 2.13. The molecule has 0 fully saturated rings. The third-order valence-corrected chi connectivity index (χ3v) is 1.39. The molecule has 0 aliphatic heterocycles. The molecule has 0 amide bonds. The molecular weight excluding hydrogens is 227 g/mol. The van der Waals surface area contributed by atoms with Crippen molar-refractivity contribution in [2.75, 3.05) is 0 Å². The summed E-state index contributed by atoms with van der Waals surface area (Å²) >= 11 is 2.11. The topological polar surface area (TPSA) is 25.8 Å². The van der Waals surface area contributed by atoms with Gasteiger partial charge in [0.15, 0.2) is 0 Å². The van der Waals surface area contributed by atoms with Crippen LogP contribution in [0.1, 0.15) is 5.69 Å². The van der Waals surface area contributed by atoms with Gasteiger partial charge >= 0.3 is 0 Å². The van der Waals surface area contributed by atoms with Crippen LogP contribution >= 0.6 is 22.6 Å². The van der Waals surface area contributed by atoms with Gasteiger partial charge < -0.3 is 0 Å². The standard InChI is InChI=1S/C6H5IN2/c1-5(7)6-4-8-2-3-9-6/h2-4H,1H2. The second kappa shape index (κ2) is 2.91. The van der Waals surface area contributed by atoms with E-state index in [2.05, 4.69) is 39.1 Å². The molecule has 1 heterocycles. The minimum absolute atomic E-state index is 0.845. The molecule has 0 bridgehead atoms. The molecular formula is C6H5IN2. The molecule has 1 aromatic rings. The van der Waals surface area contributed by atoms with Gasteiger partial charge in [0, 0.05) is 16.0 Å². The van der Waals surface area contributed by atoms with Crippen LogP contribution in [0, 0.1) is 0 Å². The highest BCUT2D eigenvalue weighted by molar-refractivity contribution is 14.1. The van der Waals surface area contributed by atoms with Gasteiger partial charge in [0.2, 0.25) is 0 Å². The number of hydrogen-bond donors (Lipinski definition) is 0. The lowest BCUT2D eigenvalue weighted by atomic mass is 10.4. The van der Waals surface area contributed by atoms with E-state index in [1.54, 1.807) is 18.6 Å². The fourth-order valence-corrected chi connectivity index (χ4v) is 0.718. The van der Waals surface area contributed by atoms with Crippen LogP contribution in [-0.4, -0.2) is 9.97 Å². The molecule has 1 rings (SSSR count). The lowest BCUT2D eigenvalue weighted by Crippen LogP contribution is -1.81. The maximum Gasteiger partial charge on any atom is 0.0940 e. The van der Waals surface area contributed by atoms with Crippen molar-refractivity contribution in [3.8, 4) is 0 Å². The Balaban J connectivity index is 2.98. The van der Waals surface area contributed by atoms with Crippen LogP contribution in [0.2, 0.25) is 0 Å². The molecule has 0 atom stereocenters. The Morgan fingerprint density at radius 2 is 2.33 bits per heavy atom. The molecule has 1 aromatic heterocycles. The van der Waals surface area contributed by atoms with Gasteiger partial charge in [0.25, 0.3) is 0 Å². The summed E-state index contributed by atoms with van der Waals surface area (Å²) < 4.78 is 0.917. The van der Waals surface area contributed by atoms with Gasteiger partial charge in [0.05, 0.1) is 11.9 Å². The van der Waals surface area contributed by atoms with Crippen molar-refractivity contribution in [2.45, 2.75) is 0 Å². The van der Waals surface area contributed by atoms with E-state index < -0.39 is 0 Å². The van der Waals surface area contributed by atoms with E-state index in [9.17, 15) is 0 Å². The molecule has 0 spiro atoms. The lowest BCUT2D eigenvalue weighted by molar-refractivity contribution is 1.18. The Bertz CT molecular complexity index is 208. The highest BCUT2D eigenvalue weighted by Gasteiger charge is 1.91. The zero-order valence-corrected chi connectivity index (χ0v) is 6.87. The summed E-state index contributed by atoms with van der Waals surface area (Å²) in [5.74, 6) is 0. The molecule has 0 saturated carbocycles. The van der Waals surface area contributed by atoms with Crippen LogP contribution in [0.3, 0.4) is 0 Å². The number of hydrogen-bond acceptors (Lipinski definition) is 2. The summed E-state index contributed by atoms with van der Waals surface area (Å²) in [4.78, 5) is 7.89. The van der Waals surface area contributed by atoms with Crippen molar-refractivity contribution >= 4 is 26.2 Å². The Morgan fingerprint density at radius 1 is 1.56 bits per heavy atom. The van der Waals surface area contributed by atoms with E-state index in [4.69, 9.17) is 0 Å². The van der Waals surface area contributed by atoms with E-state index in [1.165, 1.54) is 0 Å². The summed E-state index contributed by atoms with van der Waals surface area (Å²) in [5, 5.41) is 0. The Morgan fingerprint density at radius 3 is 2.67 bits per heavy atom. The second-order valence-corrected chi connectivity index (χ2v) is 2.80. The normalized spacial score (nSPS) is 9.00. The van der Waals surface area contributed by atoms with Gasteiger partial charge in [-0.1, -0.05) is 6.58 Å². The van der Waals surface area contributed by atoms with Crippen molar-refractivity contribution in [3.63, 3.8) is 0 Å². The predicted octanol–water partition coefficient (Wildman–Crippen LogP) is 1.88. The Kier molecular flexibility index (Phi) is 2.16. The first-order chi connectivity index (χ1) is 4.30. The SMILES string of the molecule is C=C(I)c1cnccn1. The minimum Gasteiger partial charge on any atom is -0.261 e. The molecule has 9 heavy (non-hydrogen) atoms. The van der Waals surface area contributed by atoms with Gasteiger partial charge in [-0.15, -0.1) is 0 Å². The first-order valence-corrected chi connectivity index (χ1v) is 3.49. The molecule has 0 radical (unpaired) electrons. The van der Waals surface area contributed by atoms with Gasteiger partial charge in [-0.3, -0.25) is 9.97 Å². The second-order valence-electron chi connectivity index (χ2n) is 1.50. The Hall–Kier alpha value is -0.450. The third-order valence-electron chi connectivity index (χ3n) is 0.841. The summed E-state index contributed by atoms with van der Waals surface area (Å²) in [6.07, 6.45) is 4.98. The summed E-state index contributed by atoms with van der Waals surface area (Å²) in [5.41, 5.74) is 0.845. The number of aromatic nitrogens is 2. The largest absolute Gasteiger partial charge is 0.261 e. The Labute approximate surface area is 67.2 Å². The quantitative estimate of drug-likeness (QED) is 0.691. The van der Waals surface area contributed by atoms with E-state index in [0.717, 1.165) is 9.27 Å². The van der Waals surface area contributed by atoms with Gasteiger partial charge in [0.1, 0.15) is 0 Å². The maximum absolute atomic E-state index is 4.01. The summed E-state index contributed by atoms with van der Waals surface area (Å²) in [7, 11) is 0. The smallest absolute Gasteiger partial charge is 0.0940 e. The average molecular weight is 232 g/mol. The first kappa shape index (κ1) is 6.67. The molecule has 0 N–H and O–H groups in total. The number of rotatable bonds is 1. The van der Waals surface area contributed by atoms with E-state index in [-0.39, 0.29) is 0 Å². The summed E-state index contributed by atoms with van der Waals surface area (Å²) in [6.45, 7) is 3.71. The van der Waals surface area contributed by atoms with Gasteiger partial charge in [-0.05, 0) is 22.6 Å². The van der Waals surface area contributed by atoms with Crippen molar-refractivity contribution in [2.24, 2.45) is 0 Å². The van der Waals surface area contributed by atoms with Crippen molar-refractivity contribution in [1.82, 2.24) is 9.97 Å². The van der Waals surface area contributed by atoms with Crippen LogP contribution in [0.5, 0.6) is 0 Å². The van der Waals surface area contributed by atoms with Crippen LogP contribution < -0.4 is 0 Å². The van der Waals surface area contributed by atoms with Crippen LogP contribution in [0.4, 0.5) is 0 Å². The van der Waals surface area contributed by atoms with E-state index >= 15 is 0 Å². The molecule has 0 unspecified atom stereocenters. The summed E-state index contributed by atoms with van der Waals surface area (Å²) in [6, 6.07) is 0. The molecule has 2 nitrogen and oxygen atoms in total. The predicted molar refractivity (Wildman–Crippen MR) is 45.1 cm³/mol. The third kappa shape index (κ3) is 1.74. The monoisotopic (exact) mass is 232 g/mol. The van der Waals surface area contributed by atoms with E-state index in [0.29, 0.717) is 0 Å². The molecule has 0 aliphatic rings. The van der Waals surface area contributed by atoms with Crippen molar-refractivity contribution in [1.29, 1.82) is 0 Å². The minimum atomic E-state index is 0.845. The molecule has 46 valence electrons. The van der Waals surface area contributed by atoms with Crippen LogP contribution in [0.25, 0.3) is 3.58 Å². The molecule has 0 saturated heterocycles. The van der Waals surface area contributed by atoms with Gasteiger partial charge in [-0.25, -0.2) is 0 Å². The average Bonchev–Trinajstić information content (AvgIpc) is 1.90. The molecule has 0 aromatic carbocycles. The number of halogens is 1. The first-order valence-electron chi connectivity index (χ1n) is 2.41. The molecule has 0 aliphatic carbocycles. The lowest BCUT2D eigenvalue weighted by Gasteiger charge is -1.91. The fraction of sp³-hybridized carbons (Fsp3) is 0. The zero-order chi connectivity index (χ0) is 6.69. The van der Waals surface area contributed by atoms with Crippen LogP contribution in [-0.2, 0) is 0 Å². The fourth-order valence-electron chi connectivity index (χ4n) is 0.439. The van der Waals surface area contributed by atoms with Gasteiger partial charge in [-0.2, -0.15) is 0 Å². The maximum atomic E-state index is 4.01. The zero-order valence-electron chi connectivity index (χ0n) is 4.71. The van der Waals surface area contributed by atoms with Crippen molar-refractivity contribution in [3.05, 3.63) is 30.9 Å².